The van der Waals surface area contributed by atoms with Gasteiger partial charge in [-0.3, -0.25) is 0 Å². The molecule has 0 bridgehead atoms. The van der Waals surface area contributed by atoms with E-state index in [4.69, 9.17) is 5.11 Å². The highest BCUT2D eigenvalue weighted by Crippen LogP contribution is 2.45. The second-order valence-electron chi connectivity index (χ2n) is 6.23. The van der Waals surface area contributed by atoms with E-state index in [-0.39, 0.29) is 5.41 Å². The zero-order chi connectivity index (χ0) is 13.6. The second kappa shape index (κ2) is 4.34. The highest BCUT2D eigenvalue weighted by atomic mass is 16.4. The molecular weight excluding hydrogens is 238 g/mol. The van der Waals surface area contributed by atoms with Crippen LogP contribution in [-0.4, -0.2) is 35.6 Å². The van der Waals surface area contributed by atoms with Gasteiger partial charge in [0.25, 0.3) is 0 Å². The maximum Gasteiger partial charge on any atom is 0.335 e. The maximum atomic E-state index is 11.1. The van der Waals surface area contributed by atoms with Gasteiger partial charge >= 0.3 is 5.97 Å². The third kappa shape index (κ3) is 1.88. The van der Waals surface area contributed by atoms with Crippen LogP contribution in [0.1, 0.15) is 47.7 Å². The molecule has 0 radical (unpaired) electrons. The molecule has 2 atom stereocenters. The van der Waals surface area contributed by atoms with Gasteiger partial charge in [-0.1, -0.05) is 13.0 Å². The number of aromatic carboxylic acids is 1. The Labute approximate surface area is 114 Å². The molecule has 2 unspecified atom stereocenters. The van der Waals surface area contributed by atoms with E-state index in [0.717, 1.165) is 12.8 Å². The highest BCUT2D eigenvalue weighted by Gasteiger charge is 2.44. The molecule has 19 heavy (non-hydrogen) atoms. The van der Waals surface area contributed by atoms with E-state index in [2.05, 4.69) is 24.9 Å². The lowest BCUT2D eigenvalue weighted by atomic mass is 9.63. The van der Waals surface area contributed by atoms with Crippen molar-refractivity contribution >= 4 is 5.97 Å². The molecule has 3 rings (SSSR count). The summed E-state index contributed by atoms with van der Waals surface area (Å²) in [6.07, 6.45) is 4.58. The van der Waals surface area contributed by atoms with Crippen molar-refractivity contribution in [2.45, 2.75) is 44.1 Å². The molecule has 3 nitrogen and oxygen atoms in total. The Hall–Kier alpha value is -1.35. The topological polar surface area (TPSA) is 40.5 Å². The molecule has 1 aromatic rings. The normalized spacial score (nSPS) is 30.5. The van der Waals surface area contributed by atoms with E-state index in [0.29, 0.717) is 11.6 Å². The fraction of sp³-hybridized carbons (Fsp3) is 0.562. The van der Waals surface area contributed by atoms with Crippen LogP contribution >= 0.6 is 0 Å². The van der Waals surface area contributed by atoms with Gasteiger partial charge in [0.1, 0.15) is 0 Å². The lowest BCUT2D eigenvalue weighted by Crippen LogP contribution is -2.54. The predicted octanol–water partition coefficient (Wildman–Crippen LogP) is 2.68. The monoisotopic (exact) mass is 259 g/mol. The van der Waals surface area contributed by atoms with Gasteiger partial charge in [0.2, 0.25) is 0 Å². The van der Waals surface area contributed by atoms with E-state index in [1.54, 1.807) is 6.07 Å². The summed E-state index contributed by atoms with van der Waals surface area (Å²) in [6, 6.07) is 6.31. The van der Waals surface area contributed by atoms with Gasteiger partial charge in [-0.05, 0) is 62.5 Å². The van der Waals surface area contributed by atoms with Gasteiger partial charge in [-0.2, -0.15) is 0 Å². The fourth-order valence-corrected chi connectivity index (χ4v) is 4.14. The SMILES string of the molecule is CN1CCCC2(C)c3ccc(C(=O)O)cc3CCC12. The molecule has 1 heterocycles. The van der Waals surface area contributed by atoms with Crippen molar-refractivity contribution in [3.8, 4) is 0 Å². The van der Waals surface area contributed by atoms with E-state index < -0.39 is 5.97 Å². The van der Waals surface area contributed by atoms with Crippen molar-refractivity contribution in [3.63, 3.8) is 0 Å². The molecule has 3 heteroatoms. The molecule has 1 N–H and O–H groups in total. The van der Waals surface area contributed by atoms with Crippen LogP contribution in [0.2, 0.25) is 0 Å². The maximum absolute atomic E-state index is 11.1. The summed E-state index contributed by atoms with van der Waals surface area (Å²) in [4.78, 5) is 13.6. The molecule has 1 saturated heterocycles. The number of fused-ring (bicyclic) bond motifs is 3. The Morgan fingerprint density at radius 3 is 3.00 bits per heavy atom. The molecule has 0 saturated carbocycles. The minimum absolute atomic E-state index is 0.192. The van der Waals surface area contributed by atoms with Crippen molar-refractivity contribution in [3.05, 3.63) is 34.9 Å². The number of aryl methyl sites for hydroxylation is 1. The van der Waals surface area contributed by atoms with Crippen LogP contribution in [0.25, 0.3) is 0 Å². The first kappa shape index (κ1) is 12.7. The van der Waals surface area contributed by atoms with Crippen molar-refractivity contribution in [1.82, 2.24) is 4.90 Å². The van der Waals surface area contributed by atoms with Crippen LogP contribution in [0.5, 0.6) is 0 Å². The number of hydrogen-bond acceptors (Lipinski definition) is 2. The Morgan fingerprint density at radius 1 is 1.47 bits per heavy atom. The summed E-state index contributed by atoms with van der Waals surface area (Å²) in [5, 5.41) is 9.12. The van der Waals surface area contributed by atoms with Gasteiger partial charge in [0, 0.05) is 11.5 Å². The summed E-state index contributed by atoms with van der Waals surface area (Å²) in [5.74, 6) is -0.823. The second-order valence-corrected chi connectivity index (χ2v) is 6.23. The number of nitrogens with zero attached hydrogens (tertiary/aromatic N) is 1. The average Bonchev–Trinajstić information content (AvgIpc) is 2.38. The number of likely N-dealkylation sites (N-methyl/N-ethyl adjacent to an activating group) is 1. The number of benzene rings is 1. The first-order valence-corrected chi connectivity index (χ1v) is 7.09. The van der Waals surface area contributed by atoms with Gasteiger partial charge < -0.3 is 10.0 Å². The summed E-state index contributed by atoms with van der Waals surface area (Å²) in [7, 11) is 2.22. The number of carboxylic acids is 1. The largest absolute Gasteiger partial charge is 0.478 e. The molecule has 1 aromatic carbocycles. The summed E-state index contributed by atoms with van der Waals surface area (Å²) in [5.41, 5.74) is 3.23. The van der Waals surface area contributed by atoms with E-state index >= 15 is 0 Å². The number of carbonyl (C=O) groups is 1. The Bertz CT molecular complexity index is 525. The molecule has 1 aliphatic carbocycles. The third-order valence-corrected chi connectivity index (χ3v) is 5.13. The Kier molecular flexibility index (Phi) is 2.90. The average molecular weight is 259 g/mol. The highest BCUT2D eigenvalue weighted by molar-refractivity contribution is 5.88. The van der Waals surface area contributed by atoms with Gasteiger partial charge in [-0.25, -0.2) is 4.79 Å². The van der Waals surface area contributed by atoms with Crippen LogP contribution in [0.4, 0.5) is 0 Å². The third-order valence-electron chi connectivity index (χ3n) is 5.13. The lowest BCUT2D eigenvalue weighted by molar-refractivity contribution is 0.0695. The minimum atomic E-state index is -0.823. The molecule has 0 amide bonds. The molecule has 2 aliphatic rings. The van der Waals surface area contributed by atoms with E-state index in [9.17, 15) is 4.79 Å². The number of rotatable bonds is 1. The summed E-state index contributed by atoms with van der Waals surface area (Å²) in [6.45, 7) is 3.54. The van der Waals surface area contributed by atoms with Gasteiger partial charge in [0.05, 0.1) is 5.56 Å². The molecule has 1 aliphatic heterocycles. The predicted molar refractivity (Wildman–Crippen MR) is 74.7 cm³/mol. The van der Waals surface area contributed by atoms with Crippen molar-refractivity contribution < 1.29 is 9.90 Å². The van der Waals surface area contributed by atoms with Gasteiger partial charge in [-0.15, -0.1) is 0 Å². The van der Waals surface area contributed by atoms with Gasteiger partial charge in [0.15, 0.2) is 0 Å². The zero-order valence-corrected chi connectivity index (χ0v) is 11.6. The molecule has 1 fully saturated rings. The smallest absolute Gasteiger partial charge is 0.335 e. The summed E-state index contributed by atoms with van der Waals surface area (Å²) >= 11 is 0. The Morgan fingerprint density at radius 2 is 2.26 bits per heavy atom. The van der Waals surface area contributed by atoms with Crippen LogP contribution in [-0.2, 0) is 11.8 Å². The van der Waals surface area contributed by atoms with E-state index in [1.165, 1.54) is 30.5 Å². The molecule has 0 aromatic heterocycles. The minimum Gasteiger partial charge on any atom is -0.478 e. The van der Waals surface area contributed by atoms with Crippen molar-refractivity contribution in [2.75, 3.05) is 13.6 Å². The van der Waals surface area contributed by atoms with Crippen molar-refractivity contribution in [2.24, 2.45) is 0 Å². The molecule has 0 spiro atoms. The summed E-state index contributed by atoms with van der Waals surface area (Å²) < 4.78 is 0. The molecular formula is C16H21NO2. The standard InChI is InChI=1S/C16H21NO2/c1-16-8-3-9-17(2)14(16)7-5-11-10-12(15(18)19)4-6-13(11)16/h4,6,10,14H,3,5,7-9H2,1-2H3,(H,18,19). The lowest BCUT2D eigenvalue weighted by Gasteiger charge is -2.51. The number of piperidine rings is 1. The zero-order valence-electron chi connectivity index (χ0n) is 11.6. The first-order valence-electron chi connectivity index (χ1n) is 7.09. The van der Waals surface area contributed by atoms with Crippen LogP contribution in [0, 0.1) is 0 Å². The quantitative estimate of drug-likeness (QED) is 0.843. The Balaban J connectivity index is 2.06. The number of likely N-dealkylation sites (tertiary alicyclic amines) is 1. The van der Waals surface area contributed by atoms with Crippen LogP contribution in [0.3, 0.4) is 0 Å². The number of carboxylic acid groups (broad SMARTS) is 1. The van der Waals surface area contributed by atoms with Crippen LogP contribution in [0.15, 0.2) is 18.2 Å². The van der Waals surface area contributed by atoms with Crippen molar-refractivity contribution in [1.29, 1.82) is 0 Å². The van der Waals surface area contributed by atoms with E-state index in [1.807, 2.05) is 6.07 Å². The fourth-order valence-electron chi connectivity index (χ4n) is 4.14. The van der Waals surface area contributed by atoms with Crippen LogP contribution < -0.4 is 0 Å². The molecule has 102 valence electrons. The first-order chi connectivity index (χ1) is 9.02. The number of hydrogen-bond donors (Lipinski definition) is 1.